The largest absolute Gasteiger partial charge is 0.394 e. The van der Waals surface area contributed by atoms with E-state index in [0.717, 1.165) is 38.7 Å². The van der Waals surface area contributed by atoms with Gasteiger partial charge in [-0.2, -0.15) is 0 Å². The van der Waals surface area contributed by atoms with E-state index in [1.807, 2.05) is 37.4 Å². The Morgan fingerprint density at radius 1 is 1.04 bits per heavy atom. The Bertz CT molecular complexity index is 1100. The van der Waals surface area contributed by atoms with Gasteiger partial charge in [-0.15, -0.1) is 0 Å². The van der Waals surface area contributed by atoms with Gasteiger partial charge >= 0.3 is 0 Å². The van der Waals surface area contributed by atoms with Crippen molar-refractivity contribution in [2.24, 2.45) is 7.05 Å². The summed E-state index contributed by atoms with van der Waals surface area (Å²) in [6, 6.07) is 14.1. The number of hydrogen-bond acceptors (Lipinski definition) is 5. The van der Waals surface area contributed by atoms with Crippen LogP contribution >= 0.6 is 0 Å². The van der Waals surface area contributed by atoms with Crippen molar-refractivity contribution in [3.05, 3.63) is 48.0 Å². The standard InChI is InChI=1S/C20H22N4O2/c1-20(11-25,12-26)21-10-13-7-8-15-16(9-13)23-19-18(22-15)14-5-3-4-6-17(14)24(19)2/h3-9,21,25-26H,10-12H2,1-2H3. The lowest BCUT2D eigenvalue weighted by Crippen LogP contribution is -2.48. The van der Waals surface area contributed by atoms with Crippen LogP contribution in [0.1, 0.15) is 12.5 Å². The molecule has 4 rings (SSSR count). The van der Waals surface area contributed by atoms with E-state index in [1.54, 1.807) is 6.92 Å². The van der Waals surface area contributed by atoms with Gasteiger partial charge in [-0.3, -0.25) is 0 Å². The van der Waals surface area contributed by atoms with Crippen LogP contribution < -0.4 is 5.32 Å². The van der Waals surface area contributed by atoms with E-state index in [4.69, 9.17) is 9.97 Å². The number of nitrogens with zero attached hydrogens (tertiary/aromatic N) is 3. The fourth-order valence-corrected chi connectivity index (χ4v) is 3.17. The first-order valence-corrected chi connectivity index (χ1v) is 8.65. The Labute approximate surface area is 151 Å². The second-order valence-electron chi connectivity index (χ2n) is 7.03. The van der Waals surface area contributed by atoms with Crippen LogP contribution in [0.2, 0.25) is 0 Å². The van der Waals surface area contributed by atoms with Crippen molar-refractivity contribution in [3.63, 3.8) is 0 Å². The number of fused-ring (bicyclic) bond motifs is 4. The Balaban J connectivity index is 1.77. The molecule has 26 heavy (non-hydrogen) atoms. The molecule has 6 heteroatoms. The number of para-hydroxylation sites is 1. The van der Waals surface area contributed by atoms with Crippen molar-refractivity contribution >= 4 is 33.1 Å². The zero-order valence-corrected chi connectivity index (χ0v) is 14.9. The second-order valence-corrected chi connectivity index (χ2v) is 7.03. The van der Waals surface area contributed by atoms with Crippen LogP contribution in [-0.2, 0) is 13.6 Å². The van der Waals surface area contributed by atoms with Gasteiger partial charge in [0.2, 0.25) is 0 Å². The van der Waals surface area contributed by atoms with Gasteiger partial charge in [0.1, 0.15) is 5.52 Å². The summed E-state index contributed by atoms with van der Waals surface area (Å²) < 4.78 is 2.07. The SMILES string of the molecule is Cn1c2ccccc2c2nc3ccc(CNC(C)(CO)CO)cc3nc21. The minimum atomic E-state index is -0.708. The lowest BCUT2D eigenvalue weighted by Gasteiger charge is -2.26. The average Bonchev–Trinajstić information content (AvgIpc) is 2.96. The summed E-state index contributed by atoms with van der Waals surface area (Å²) in [5.74, 6) is 0. The van der Waals surface area contributed by atoms with Gasteiger partial charge < -0.3 is 20.1 Å². The molecular formula is C20H22N4O2. The molecule has 0 amide bonds. The second kappa shape index (κ2) is 6.32. The normalized spacial score (nSPS) is 12.5. The molecule has 0 saturated heterocycles. The highest BCUT2D eigenvalue weighted by Crippen LogP contribution is 2.27. The zero-order valence-electron chi connectivity index (χ0n) is 14.9. The topological polar surface area (TPSA) is 83.2 Å². The van der Waals surface area contributed by atoms with Crippen LogP contribution in [0.15, 0.2) is 42.5 Å². The number of aliphatic hydroxyl groups excluding tert-OH is 2. The van der Waals surface area contributed by atoms with Crippen molar-refractivity contribution in [2.75, 3.05) is 13.2 Å². The Kier molecular flexibility index (Phi) is 4.11. The van der Waals surface area contributed by atoms with Gasteiger partial charge in [0.15, 0.2) is 5.65 Å². The van der Waals surface area contributed by atoms with Crippen LogP contribution in [0, 0.1) is 0 Å². The Morgan fingerprint density at radius 3 is 2.58 bits per heavy atom. The van der Waals surface area contributed by atoms with Gasteiger partial charge in [-0.1, -0.05) is 24.3 Å². The van der Waals surface area contributed by atoms with E-state index < -0.39 is 5.54 Å². The van der Waals surface area contributed by atoms with Crippen molar-refractivity contribution in [3.8, 4) is 0 Å². The lowest BCUT2D eigenvalue weighted by molar-refractivity contribution is 0.103. The van der Waals surface area contributed by atoms with Crippen LogP contribution in [0.25, 0.3) is 33.1 Å². The maximum atomic E-state index is 9.41. The quantitative estimate of drug-likeness (QED) is 0.513. The van der Waals surface area contributed by atoms with E-state index in [0.29, 0.717) is 6.54 Å². The zero-order chi connectivity index (χ0) is 18.3. The monoisotopic (exact) mass is 350 g/mol. The number of benzene rings is 2. The summed E-state index contributed by atoms with van der Waals surface area (Å²) in [6.07, 6.45) is 0. The number of hydrogen-bond donors (Lipinski definition) is 3. The first-order chi connectivity index (χ1) is 12.5. The molecule has 2 aromatic heterocycles. The first kappa shape index (κ1) is 16.9. The minimum Gasteiger partial charge on any atom is -0.394 e. The van der Waals surface area contributed by atoms with Crippen LogP contribution in [0.5, 0.6) is 0 Å². The molecule has 0 aliphatic carbocycles. The first-order valence-electron chi connectivity index (χ1n) is 8.65. The number of nitrogens with one attached hydrogen (secondary N) is 1. The van der Waals surface area contributed by atoms with Crippen molar-refractivity contribution in [2.45, 2.75) is 19.0 Å². The number of aliphatic hydroxyl groups is 2. The van der Waals surface area contributed by atoms with Crippen molar-refractivity contribution < 1.29 is 10.2 Å². The van der Waals surface area contributed by atoms with Gasteiger partial charge in [0, 0.05) is 19.0 Å². The molecule has 0 fully saturated rings. The molecule has 0 bridgehead atoms. The minimum absolute atomic E-state index is 0.131. The number of aromatic nitrogens is 3. The Hall–Kier alpha value is -2.54. The average molecular weight is 350 g/mol. The highest BCUT2D eigenvalue weighted by atomic mass is 16.3. The van der Waals surface area contributed by atoms with Gasteiger partial charge in [-0.05, 0) is 30.7 Å². The van der Waals surface area contributed by atoms with Crippen LogP contribution in [0.4, 0.5) is 0 Å². The molecule has 0 spiro atoms. The molecule has 0 aliphatic rings. The molecule has 0 atom stereocenters. The van der Waals surface area contributed by atoms with Crippen LogP contribution in [-0.4, -0.2) is 43.5 Å². The van der Waals surface area contributed by atoms with Gasteiger partial charge in [-0.25, -0.2) is 9.97 Å². The molecule has 6 nitrogen and oxygen atoms in total. The smallest absolute Gasteiger partial charge is 0.160 e. The molecule has 4 aromatic rings. The predicted octanol–water partition coefficient (Wildman–Crippen LogP) is 2.11. The van der Waals surface area contributed by atoms with Crippen molar-refractivity contribution in [1.29, 1.82) is 0 Å². The fourth-order valence-electron chi connectivity index (χ4n) is 3.17. The summed E-state index contributed by atoms with van der Waals surface area (Å²) in [5, 5.41) is 23.1. The highest BCUT2D eigenvalue weighted by Gasteiger charge is 2.21. The number of rotatable bonds is 5. The maximum Gasteiger partial charge on any atom is 0.160 e. The van der Waals surface area contributed by atoms with Crippen molar-refractivity contribution in [1.82, 2.24) is 19.9 Å². The summed E-state index contributed by atoms with van der Waals surface area (Å²) in [7, 11) is 2.00. The summed E-state index contributed by atoms with van der Waals surface area (Å²) in [6.45, 7) is 2.05. The molecule has 2 heterocycles. The molecule has 0 unspecified atom stereocenters. The third kappa shape index (κ3) is 2.72. The van der Waals surface area contributed by atoms with Gasteiger partial charge in [0.05, 0.1) is 35.3 Å². The lowest BCUT2D eigenvalue weighted by atomic mass is 10.0. The molecular weight excluding hydrogens is 328 g/mol. The molecule has 2 aromatic carbocycles. The van der Waals surface area contributed by atoms with E-state index in [1.165, 1.54) is 0 Å². The third-order valence-electron chi connectivity index (χ3n) is 4.97. The molecule has 134 valence electrons. The highest BCUT2D eigenvalue weighted by molar-refractivity contribution is 6.06. The molecule has 0 radical (unpaired) electrons. The van der Waals surface area contributed by atoms with Crippen LogP contribution in [0.3, 0.4) is 0 Å². The molecule has 0 aliphatic heterocycles. The molecule has 0 saturated carbocycles. The van der Waals surface area contributed by atoms with E-state index in [9.17, 15) is 10.2 Å². The summed E-state index contributed by atoms with van der Waals surface area (Å²) >= 11 is 0. The van der Waals surface area contributed by atoms with E-state index in [-0.39, 0.29) is 13.2 Å². The van der Waals surface area contributed by atoms with E-state index >= 15 is 0 Å². The predicted molar refractivity (Wildman–Crippen MR) is 103 cm³/mol. The fraction of sp³-hybridized carbons (Fsp3) is 0.300. The summed E-state index contributed by atoms with van der Waals surface area (Å²) in [5.41, 5.74) is 4.89. The summed E-state index contributed by atoms with van der Waals surface area (Å²) in [4.78, 5) is 9.66. The molecule has 3 N–H and O–H groups in total. The van der Waals surface area contributed by atoms with E-state index in [2.05, 4.69) is 22.0 Å². The van der Waals surface area contributed by atoms with Gasteiger partial charge in [0.25, 0.3) is 0 Å². The number of aryl methyl sites for hydroxylation is 1. The Morgan fingerprint density at radius 2 is 1.81 bits per heavy atom. The maximum absolute atomic E-state index is 9.41. The third-order valence-corrected chi connectivity index (χ3v) is 4.97.